The van der Waals surface area contributed by atoms with Gasteiger partial charge in [0.1, 0.15) is 5.52 Å². The molecule has 0 amide bonds. The molecule has 1 heterocycles. The maximum absolute atomic E-state index is 8.81. The zero-order chi connectivity index (χ0) is 8.55. The van der Waals surface area contributed by atoms with Gasteiger partial charge in [-0.1, -0.05) is 6.07 Å². The van der Waals surface area contributed by atoms with Gasteiger partial charge in [0, 0.05) is 0 Å². The first-order valence-corrected chi connectivity index (χ1v) is 3.46. The fourth-order valence-electron chi connectivity index (χ4n) is 1.03. The summed E-state index contributed by atoms with van der Waals surface area (Å²) in [6, 6.07) is 4.82. The highest BCUT2D eigenvalue weighted by atomic mass is 16.4. The lowest BCUT2D eigenvalue weighted by atomic mass is 9.80. The van der Waals surface area contributed by atoms with Crippen LogP contribution in [-0.2, 0) is 0 Å². The summed E-state index contributed by atoms with van der Waals surface area (Å²) in [6.45, 7) is 0. The van der Waals surface area contributed by atoms with Crippen molar-refractivity contribution in [3.63, 3.8) is 0 Å². The Bertz CT molecular complexity index is 398. The Morgan fingerprint density at radius 3 is 2.92 bits per heavy atom. The first-order valence-electron chi connectivity index (χ1n) is 3.46. The first kappa shape index (κ1) is 7.33. The minimum absolute atomic E-state index is 0.402. The highest BCUT2D eigenvalue weighted by molar-refractivity contribution is 6.58. The molecule has 4 nitrogen and oxygen atoms in total. The molecule has 0 radical (unpaired) electrons. The van der Waals surface area contributed by atoms with Crippen LogP contribution in [0.4, 0.5) is 0 Å². The van der Waals surface area contributed by atoms with Gasteiger partial charge >= 0.3 is 7.12 Å². The number of fused-ring (bicyclic) bond motifs is 1. The van der Waals surface area contributed by atoms with Gasteiger partial charge in [-0.05, 0) is 17.6 Å². The second-order valence-corrected chi connectivity index (χ2v) is 2.45. The van der Waals surface area contributed by atoms with Gasteiger partial charge in [-0.3, -0.25) is 0 Å². The van der Waals surface area contributed by atoms with Gasteiger partial charge in [-0.25, -0.2) is 4.98 Å². The molecular formula is C7H6BNO3. The Kier molecular flexibility index (Phi) is 1.60. The van der Waals surface area contributed by atoms with Crippen molar-refractivity contribution in [2.24, 2.45) is 0 Å². The van der Waals surface area contributed by atoms with Crippen LogP contribution in [0.5, 0.6) is 0 Å². The van der Waals surface area contributed by atoms with E-state index in [1.54, 1.807) is 18.2 Å². The van der Waals surface area contributed by atoms with Crippen LogP contribution in [0.25, 0.3) is 11.1 Å². The zero-order valence-corrected chi connectivity index (χ0v) is 6.14. The van der Waals surface area contributed by atoms with Crippen molar-refractivity contribution in [1.29, 1.82) is 0 Å². The molecule has 1 aromatic carbocycles. The van der Waals surface area contributed by atoms with Gasteiger partial charge in [-0.2, -0.15) is 0 Å². The molecule has 0 aliphatic carbocycles. The van der Waals surface area contributed by atoms with Crippen LogP contribution >= 0.6 is 0 Å². The molecule has 12 heavy (non-hydrogen) atoms. The number of aromatic nitrogens is 1. The van der Waals surface area contributed by atoms with Gasteiger partial charge in [0.05, 0.1) is 0 Å². The Hall–Kier alpha value is -1.33. The van der Waals surface area contributed by atoms with Gasteiger partial charge in [0.2, 0.25) is 0 Å². The standard InChI is InChI=1S/C7H6BNO3/c10-8(11)5-1-2-6-7(3-5)12-4-9-6/h1-4,10-11H. The average molecular weight is 163 g/mol. The average Bonchev–Trinajstić information content (AvgIpc) is 2.49. The maximum atomic E-state index is 8.81. The molecule has 0 aliphatic heterocycles. The summed E-state index contributed by atoms with van der Waals surface area (Å²) in [7, 11) is -1.46. The lowest BCUT2D eigenvalue weighted by Gasteiger charge is -1.96. The van der Waals surface area contributed by atoms with E-state index in [-0.39, 0.29) is 0 Å². The summed E-state index contributed by atoms with van der Waals surface area (Å²) in [5.41, 5.74) is 1.67. The smallest absolute Gasteiger partial charge is 0.443 e. The third kappa shape index (κ3) is 1.09. The largest absolute Gasteiger partial charge is 0.488 e. The lowest BCUT2D eigenvalue weighted by molar-refractivity contribution is 0.425. The second-order valence-electron chi connectivity index (χ2n) is 2.45. The molecule has 0 spiro atoms. The van der Waals surface area contributed by atoms with E-state index in [0.717, 1.165) is 0 Å². The molecule has 5 heteroatoms. The number of rotatable bonds is 1. The van der Waals surface area contributed by atoms with Crippen LogP contribution in [0.2, 0.25) is 0 Å². The van der Waals surface area contributed by atoms with E-state index in [9.17, 15) is 0 Å². The monoisotopic (exact) mass is 163 g/mol. The van der Waals surface area contributed by atoms with Crippen molar-refractivity contribution in [2.75, 3.05) is 0 Å². The first-order chi connectivity index (χ1) is 5.77. The van der Waals surface area contributed by atoms with Crippen molar-refractivity contribution >= 4 is 23.7 Å². The third-order valence-electron chi connectivity index (χ3n) is 1.65. The summed E-state index contributed by atoms with van der Waals surface area (Å²) in [6.07, 6.45) is 1.32. The highest BCUT2D eigenvalue weighted by Gasteiger charge is 2.11. The van der Waals surface area contributed by atoms with Crippen molar-refractivity contribution in [3.8, 4) is 0 Å². The summed E-state index contributed by atoms with van der Waals surface area (Å²) in [5, 5.41) is 17.6. The van der Waals surface area contributed by atoms with Crippen molar-refractivity contribution in [3.05, 3.63) is 24.6 Å². The van der Waals surface area contributed by atoms with Crippen LogP contribution < -0.4 is 5.46 Å². The number of oxazole rings is 1. The molecule has 60 valence electrons. The Morgan fingerprint density at radius 1 is 1.33 bits per heavy atom. The SMILES string of the molecule is OB(O)c1ccc2ncoc2c1. The molecular weight excluding hydrogens is 157 g/mol. The molecule has 0 saturated carbocycles. The molecule has 1 aromatic heterocycles. The van der Waals surface area contributed by atoms with E-state index in [4.69, 9.17) is 14.5 Å². The maximum Gasteiger partial charge on any atom is 0.488 e. The van der Waals surface area contributed by atoms with Crippen LogP contribution in [0, 0.1) is 0 Å². The lowest BCUT2D eigenvalue weighted by Crippen LogP contribution is -2.29. The normalized spacial score (nSPS) is 10.5. The Morgan fingerprint density at radius 2 is 2.17 bits per heavy atom. The van der Waals surface area contributed by atoms with E-state index in [0.29, 0.717) is 16.6 Å². The molecule has 0 saturated heterocycles. The summed E-state index contributed by atoms with van der Waals surface area (Å²) >= 11 is 0. The molecule has 2 aromatic rings. The molecule has 0 fully saturated rings. The van der Waals surface area contributed by atoms with Crippen LogP contribution in [0.1, 0.15) is 0 Å². The van der Waals surface area contributed by atoms with Crippen LogP contribution in [0.15, 0.2) is 29.0 Å². The van der Waals surface area contributed by atoms with Gasteiger partial charge in [0.25, 0.3) is 0 Å². The highest BCUT2D eigenvalue weighted by Crippen LogP contribution is 2.08. The number of hydrogen-bond donors (Lipinski definition) is 2. The minimum Gasteiger partial charge on any atom is -0.443 e. The van der Waals surface area contributed by atoms with E-state index >= 15 is 0 Å². The van der Waals surface area contributed by atoms with Gasteiger partial charge < -0.3 is 14.5 Å². The molecule has 0 bridgehead atoms. The predicted molar refractivity (Wildman–Crippen MR) is 43.8 cm³/mol. The molecule has 0 atom stereocenters. The fraction of sp³-hybridized carbons (Fsp3) is 0. The summed E-state index contributed by atoms with van der Waals surface area (Å²) in [5.74, 6) is 0. The van der Waals surface area contributed by atoms with Gasteiger partial charge in [0.15, 0.2) is 12.0 Å². The molecule has 0 aliphatic rings. The zero-order valence-electron chi connectivity index (χ0n) is 6.14. The Balaban J connectivity index is 2.60. The second kappa shape index (κ2) is 2.62. The number of nitrogens with zero attached hydrogens (tertiary/aromatic N) is 1. The Labute approximate surface area is 68.6 Å². The van der Waals surface area contributed by atoms with E-state index in [2.05, 4.69) is 4.98 Å². The number of benzene rings is 1. The summed E-state index contributed by atoms with van der Waals surface area (Å²) < 4.78 is 4.98. The van der Waals surface area contributed by atoms with Crippen LogP contribution in [0.3, 0.4) is 0 Å². The van der Waals surface area contributed by atoms with E-state index < -0.39 is 7.12 Å². The van der Waals surface area contributed by atoms with Gasteiger partial charge in [-0.15, -0.1) is 0 Å². The molecule has 2 rings (SSSR count). The minimum atomic E-state index is -1.46. The molecule has 0 unspecified atom stereocenters. The topological polar surface area (TPSA) is 66.5 Å². The van der Waals surface area contributed by atoms with E-state index in [1.807, 2.05) is 0 Å². The fourth-order valence-corrected chi connectivity index (χ4v) is 1.03. The summed E-state index contributed by atoms with van der Waals surface area (Å²) in [4.78, 5) is 3.89. The number of hydrogen-bond acceptors (Lipinski definition) is 4. The van der Waals surface area contributed by atoms with E-state index in [1.165, 1.54) is 6.39 Å². The molecule has 2 N–H and O–H groups in total. The van der Waals surface area contributed by atoms with Crippen molar-refractivity contribution < 1.29 is 14.5 Å². The van der Waals surface area contributed by atoms with Crippen LogP contribution in [-0.4, -0.2) is 22.2 Å². The predicted octanol–water partition coefficient (Wildman–Crippen LogP) is -0.492. The quantitative estimate of drug-likeness (QED) is 0.556. The van der Waals surface area contributed by atoms with Crippen molar-refractivity contribution in [2.45, 2.75) is 0 Å². The van der Waals surface area contributed by atoms with Crippen molar-refractivity contribution in [1.82, 2.24) is 4.98 Å². The third-order valence-corrected chi connectivity index (χ3v) is 1.65.